The molecule has 0 spiro atoms. The third kappa shape index (κ3) is 4.52. The molecule has 0 bridgehead atoms. The van der Waals surface area contributed by atoms with Gasteiger partial charge < -0.3 is 20.3 Å². The highest BCUT2D eigenvalue weighted by atomic mass is 16.5. The van der Waals surface area contributed by atoms with Crippen LogP contribution in [-0.2, 0) is 16.1 Å². The Morgan fingerprint density at radius 3 is 2.66 bits per heavy atom. The second kappa shape index (κ2) is 9.58. The van der Waals surface area contributed by atoms with Gasteiger partial charge in [0.15, 0.2) is 5.69 Å². The summed E-state index contributed by atoms with van der Waals surface area (Å²) in [5.41, 5.74) is -0.500. The Bertz CT molecular complexity index is 859. The van der Waals surface area contributed by atoms with Crippen LogP contribution in [-0.4, -0.2) is 94.8 Å². The maximum Gasteiger partial charge on any atom is 0.273 e. The first kappa shape index (κ1) is 22.7. The summed E-state index contributed by atoms with van der Waals surface area (Å²) in [6, 6.07) is 1.70. The molecule has 0 aromatic carbocycles. The minimum atomic E-state index is -1.04. The zero-order valence-electron chi connectivity index (χ0n) is 19.1. The molecule has 176 valence electrons. The second-order valence-electron chi connectivity index (χ2n) is 9.06. The lowest BCUT2D eigenvalue weighted by Gasteiger charge is -2.43. The minimum absolute atomic E-state index is 0.155. The molecule has 32 heavy (non-hydrogen) atoms. The average molecular weight is 447 g/mol. The Hall–Kier alpha value is -2.46. The minimum Gasteiger partial charge on any atom is -0.379 e. The molecule has 1 aliphatic carbocycles. The number of likely N-dealkylation sites (N-methyl/N-ethyl adjacent to an activating group) is 1. The molecule has 10 nitrogen and oxygen atoms in total. The van der Waals surface area contributed by atoms with Crippen LogP contribution >= 0.6 is 0 Å². The summed E-state index contributed by atoms with van der Waals surface area (Å²) >= 11 is 0. The number of carbonyl (C=O) groups is 3. The Labute approximate surface area is 188 Å². The average Bonchev–Trinajstić information content (AvgIpc) is 3.44. The van der Waals surface area contributed by atoms with E-state index in [0.29, 0.717) is 32.0 Å². The van der Waals surface area contributed by atoms with Gasteiger partial charge >= 0.3 is 0 Å². The number of carbonyl (C=O) groups excluding carboxylic acids is 3. The lowest BCUT2D eigenvalue weighted by molar-refractivity contribution is -0.133. The quantitative estimate of drug-likeness (QED) is 0.621. The Morgan fingerprint density at radius 1 is 1.25 bits per heavy atom. The molecule has 2 aliphatic heterocycles. The van der Waals surface area contributed by atoms with E-state index >= 15 is 0 Å². The summed E-state index contributed by atoms with van der Waals surface area (Å²) in [5.74, 6) is -0.743. The van der Waals surface area contributed by atoms with Gasteiger partial charge in [-0.25, -0.2) is 0 Å². The molecule has 1 aromatic rings. The molecular weight excluding hydrogens is 412 g/mol. The number of nitrogens with zero attached hydrogens (tertiary/aromatic N) is 4. The molecule has 1 aromatic heterocycles. The lowest BCUT2D eigenvalue weighted by Crippen LogP contribution is -2.64. The van der Waals surface area contributed by atoms with E-state index in [2.05, 4.69) is 20.6 Å². The molecule has 2 N–H and O–H groups in total. The molecule has 10 heteroatoms. The van der Waals surface area contributed by atoms with Crippen LogP contribution in [0.2, 0.25) is 0 Å². The monoisotopic (exact) mass is 446 g/mol. The van der Waals surface area contributed by atoms with Crippen LogP contribution < -0.4 is 10.6 Å². The van der Waals surface area contributed by atoms with Gasteiger partial charge in [0.1, 0.15) is 11.2 Å². The lowest BCUT2D eigenvalue weighted by atomic mass is 9.94. The van der Waals surface area contributed by atoms with Crippen LogP contribution in [0, 0.1) is 0 Å². The van der Waals surface area contributed by atoms with Crippen LogP contribution in [0.15, 0.2) is 6.07 Å². The molecular formula is C22H34N6O4. The van der Waals surface area contributed by atoms with Gasteiger partial charge in [0.2, 0.25) is 5.91 Å². The summed E-state index contributed by atoms with van der Waals surface area (Å²) < 4.78 is 6.85. The first-order valence-electron chi connectivity index (χ1n) is 11.7. The zero-order chi connectivity index (χ0) is 22.7. The van der Waals surface area contributed by atoms with Gasteiger partial charge in [0.05, 0.1) is 19.8 Å². The van der Waals surface area contributed by atoms with E-state index in [1.807, 2.05) is 6.92 Å². The highest BCUT2D eigenvalue weighted by molar-refractivity contribution is 6.01. The topological polar surface area (TPSA) is 109 Å². The number of nitrogens with one attached hydrogen (secondary N) is 2. The van der Waals surface area contributed by atoms with Crippen molar-refractivity contribution < 1.29 is 19.1 Å². The van der Waals surface area contributed by atoms with Gasteiger partial charge in [-0.3, -0.25) is 24.0 Å². The van der Waals surface area contributed by atoms with E-state index in [9.17, 15) is 14.4 Å². The number of hydrogen-bond acceptors (Lipinski definition) is 6. The number of morpholine rings is 1. The largest absolute Gasteiger partial charge is 0.379 e. The highest BCUT2D eigenvalue weighted by Gasteiger charge is 2.48. The van der Waals surface area contributed by atoms with Gasteiger partial charge in [0.25, 0.3) is 11.8 Å². The van der Waals surface area contributed by atoms with E-state index in [0.717, 1.165) is 45.3 Å². The summed E-state index contributed by atoms with van der Waals surface area (Å²) in [4.78, 5) is 42.9. The van der Waals surface area contributed by atoms with Crippen LogP contribution in [0.25, 0.3) is 0 Å². The fourth-order valence-electron chi connectivity index (χ4n) is 4.90. The van der Waals surface area contributed by atoms with Crippen molar-refractivity contribution in [3.63, 3.8) is 0 Å². The van der Waals surface area contributed by atoms with Gasteiger partial charge in [-0.1, -0.05) is 12.8 Å². The first-order chi connectivity index (χ1) is 15.4. The highest BCUT2D eigenvalue weighted by Crippen LogP contribution is 2.28. The Balaban J connectivity index is 1.43. The molecule has 0 radical (unpaired) electrons. The number of rotatable bonds is 7. The maximum atomic E-state index is 13.2. The van der Waals surface area contributed by atoms with Crippen molar-refractivity contribution in [2.24, 2.45) is 0 Å². The Kier molecular flexibility index (Phi) is 6.80. The van der Waals surface area contributed by atoms with Gasteiger partial charge in [-0.15, -0.1) is 0 Å². The summed E-state index contributed by atoms with van der Waals surface area (Å²) in [6.07, 6.45) is 4.18. The van der Waals surface area contributed by atoms with Crippen molar-refractivity contribution in [2.75, 3.05) is 45.9 Å². The zero-order valence-corrected chi connectivity index (χ0v) is 19.1. The van der Waals surface area contributed by atoms with E-state index in [1.54, 1.807) is 11.8 Å². The summed E-state index contributed by atoms with van der Waals surface area (Å²) in [7, 11) is 0. The van der Waals surface area contributed by atoms with E-state index in [1.165, 1.54) is 10.7 Å². The molecule has 3 amide bonds. The maximum absolute atomic E-state index is 13.2. The fraction of sp³-hybridized carbons (Fsp3) is 0.727. The van der Waals surface area contributed by atoms with Crippen molar-refractivity contribution in [1.29, 1.82) is 0 Å². The van der Waals surface area contributed by atoms with Gasteiger partial charge in [-0.05, 0) is 26.7 Å². The first-order valence-corrected chi connectivity index (χ1v) is 11.7. The number of ether oxygens (including phenoxy) is 1. The number of hydrogen-bond donors (Lipinski definition) is 2. The molecule has 1 saturated heterocycles. The second-order valence-corrected chi connectivity index (χ2v) is 9.06. The summed E-state index contributed by atoms with van der Waals surface area (Å²) in [6.45, 7) is 8.66. The van der Waals surface area contributed by atoms with E-state index < -0.39 is 5.54 Å². The SMILES string of the molecule is CCN1C(=O)c2cc(C(=O)NCCN3CCOCC3)nn2C[C@@]1(C)C(=O)NC1CCCC1. The normalized spacial score (nSPS) is 24.4. The molecule has 2 fully saturated rings. The molecule has 3 heterocycles. The van der Waals surface area contributed by atoms with Gasteiger partial charge in [0, 0.05) is 44.8 Å². The van der Waals surface area contributed by atoms with E-state index in [4.69, 9.17) is 4.74 Å². The standard InChI is InChI=1S/C22H34N6O4/c1-3-27-20(30)18-14-17(19(29)23-8-9-26-10-12-32-13-11-26)25-28(18)15-22(27,2)21(31)24-16-6-4-5-7-16/h14,16H,3-13,15H2,1-2H3,(H,23,29)(H,24,31)/t22-/m0/s1. The van der Waals surface area contributed by atoms with Crippen LogP contribution in [0.1, 0.15) is 60.5 Å². The van der Waals surface area contributed by atoms with Crippen LogP contribution in [0.4, 0.5) is 0 Å². The van der Waals surface area contributed by atoms with Crippen LogP contribution in [0.5, 0.6) is 0 Å². The molecule has 1 saturated carbocycles. The van der Waals surface area contributed by atoms with Crippen molar-refractivity contribution >= 4 is 17.7 Å². The third-order valence-electron chi connectivity index (χ3n) is 6.84. The summed E-state index contributed by atoms with van der Waals surface area (Å²) in [5, 5.41) is 10.4. The van der Waals surface area contributed by atoms with Crippen LogP contribution in [0.3, 0.4) is 0 Å². The predicted octanol–water partition coefficient (Wildman–Crippen LogP) is 0.238. The van der Waals surface area contributed by atoms with Crippen molar-refractivity contribution in [1.82, 2.24) is 30.2 Å². The number of amides is 3. The Morgan fingerprint density at radius 2 is 1.97 bits per heavy atom. The molecule has 1 atom stereocenters. The predicted molar refractivity (Wildman–Crippen MR) is 117 cm³/mol. The molecule has 4 rings (SSSR count). The third-order valence-corrected chi connectivity index (χ3v) is 6.84. The van der Waals surface area contributed by atoms with Crippen molar-refractivity contribution in [3.8, 4) is 0 Å². The molecule has 0 unspecified atom stereocenters. The smallest absolute Gasteiger partial charge is 0.273 e. The van der Waals surface area contributed by atoms with Crippen molar-refractivity contribution in [2.45, 2.75) is 57.7 Å². The molecule has 3 aliphatic rings. The number of fused-ring (bicyclic) bond motifs is 1. The van der Waals surface area contributed by atoms with Gasteiger partial charge in [-0.2, -0.15) is 5.10 Å². The van der Waals surface area contributed by atoms with E-state index in [-0.39, 0.29) is 36.0 Å². The van der Waals surface area contributed by atoms with Crippen molar-refractivity contribution in [3.05, 3.63) is 17.5 Å². The number of aromatic nitrogens is 2. The fourth-order valence-corrected chi connectivity index (χ4v) is 4.90.